The Labute approximate surface area is 144 Å². The Morgan fingerprint density at radius 2 is 1.88 bits per heavy atom. The summed E-state index contributed by atoms with van der Waals surface area (Å²) in [7, 11) is 1.39. The van der Waals surface area contributed by atoms with E-state index in [9.17, 15) is 15.2 Å². The summed E-state index contributed by atoms with van der Waals surface area (Å²) in [5.74, 6) is 0.182. The fraction of sp³-hybridized carbons (Fsp3) is 0.200. The number of aryl methyl sites for hydroxylation is 2. The van der Waals surface area contributed by atoms with Crippen LogP contribution in [-0.4, -0.2) is 17.1 Å². The van der Waals surface area contributed by atoms with Crippen molar-refractivity contribution in [3.05, 3.63) is 80.9 Å². The summed E-state index contributed by atoms with van der Waals surface area (Å²) in [6.07, 6.45) is 1.09. The summed E-state index contributed by atoms with van der Waals surface area (Å²) in [6, 6.07) is 14.7. The van der Waals surface area contributed by atoms with Crippen LogP contribution in [0.2, 0.25) is 0 Å². The Morgan fingerprint density at radius 1 is 1.12 bits per heavy atom. The van der Waals surface area contributed by atoms with Crippen LogP contribution in [0.1, 0.15) is 28.4 Å². The van der Waals surface area contributed by atoms with Gasteiger partial charge in [0.05, 0.1) is 12.0 Å². The van der Waals surface area contributed by atoms with Crippen molar-refractivity contribution in [3.8, 4) is 5.75 Å². The van der Waals surface area contributed by atoms with Crippen molar-refractivity contribution in [2.24, 2.45) is 0 Å². The van der Waals surface area contributed by atoms with Gasteiger partial charge in [0.1, 0.15) is 6.10 Å². The van der Waals surface area contributed by atoms with Crippen LogP contribution in [0.25, 0.3) is 10.8 Å². The molecule has 5 heteroatoms. The van der Waals surface area contributed by atoms with E-state index in [-0.39, 0.29) is 11.4 Å². The number of nitrogens with zero attached hydrogens (tertiary/aromatic N) is 1. The molecule has 4 rings (SSSR count). The van der Waals surface area contributed by atoms with Crippen molar-refractivity contribution < 1.29 is 14.8 Å². The summed E-state index contributed by atoms with van der Waals surface area (Å²) in [6.45, 7) is 0. The fourth-order valence-electron chi connectivity index (χ4n) is 3.71. The van der Waals surface area contributed by atoms with Gasteiger partial charge in [-0.15, -0.1) is 0 Å². The molecule has 0 aromatic heterocycles. The molecular formula is C20H17NO4. The van der Waals surface area contributed by atoms with E-state index in [2.05, 4.69) is 12.1 Å². The van der Waals surface area contributed by atoms with E-state index >= 15 is 0 Å². The molecule has 0 spiro atoms. The van der Waals surface area contributed by atoms with Gasteiger partial charge in [0.15, 0.2) is 5.75 Å². The van der Waals surface area contributed by atoms with Crippen LogP contribution in [0.3, 0.4) is 0 Å². The molecule has 3 aromatic rings. The molecule has 0 unspecified atom stereocenters. The highest BCUT2D eigenvalue weighted by Gasteiger charge is 2.23. The van der Waals surface area contributed by atoms with Crippen molar-refractivity contribution in [2.45, 2.75) is 18.9 Å². The third-order valence-electron chi connectivity index (χ3n) is 4.92. The minimum atomic E-state index is -0.936. The Balaban J connectivity index is 1.85. The Morgan fingerprint density at radius 3 is 2.60 bits per heavy atom. The number of rotatable bonds is 4. The molecule has 0 saturated heterocycles. The summed E-state index contributed by atoms with van der Waals surface area (Å²) in [5, 5.41) is 24.4. The predicted octanol–water partition coefficient (Wildman–Crippen LogP) is 3.94. The molecule has 0 bridgehead atoms. The highest BCUT2D eigenvalue weighted by atomic mass is 16.6. The van der Waals surface area contributed by atoms with Gasteiger partial charge in [-0.1, -0.05) is 36.4 Å². The molecule has 1 atom stereocenters. The van der Waals surface area contributed by atoms with Crippen LogP contribution >= 0.6 is 0 Å². The summed E-state index contributed by atoms with van der Waals surface area (Å²) in [5.41, 5.74) is 3.68. The first kappa shape index (κ1) is 15.6. The smallest absolute Gasteiger partial charge is 0.311 e. The second-order valence-corrected chi connectivity index (χ2v) is 6.24. The monoisotopic (exact) mass is 335 g/mol. The van der Waals surface area contributed by atoms with Gasteiger partial charge < -0.3 is 9.84 Å². The number of nitro groups is 1. The zero-order chi connectivity index (χ0) is 17.6. The fourth-order valence-corrected chi connectivity index (χ4v) is 3.71. The number of aliphatic hydroxyl groups excluding tert-OH is 1. The molecule has 0 radical (unpaired) electrons. The van der Waals surface area contributed by atoms with Gasteiger partial charge in [-0.25, -0.2) is 0 Å². The second-order valence-electron chi connectivity index (χ2n) is 6.24. The number of aliphatic hydroxyl groups is 1. The zero-order valence-electron chi connectivity index (χ0n) is 13.7. The van der Waals surface area contributed by atoms with E-state index in [0.29, 0.717) is 5.56 Å². The average molecular weight is 335 g/mol. The van der Waals surface area contributed by atoms with Crippen LogP contribution in [-0.2, 0) is 12.8 Å². The lowest BCUT2D eigenvalue weighted by Crippen LogP contribution is -2.03. The van der Waals surface area contributed by atoms with E-state index in [1.807, 2.05) is 18.2 Å². The van der Waals surface area contributed by atoms with Crippen molar-refractivity contribution in [3.63, 3.8) is 0 Å². The average Bonchev–Trinajstić information content (AvgIpc) is 3.06. The van der Waals surface area contributed by atoms with Gasteiger partial charge in [-0.05, 0) is 51.9 Å². The van der Waals surface area contributed by atoms with Crippen molar-refractivity contribution in [1.82, 2.24) is 0 Å². The SMILES string of the molecule is COc1ccc([C@H](O)c2ccc3c4c(cccc24)CC3)cc1[N+](=O)[O-]. The molecule has 1 aliphatic rings. The van der Waals surface area contributed by atoms with Gasteiger partial charge in [0.2, 0.25) is 0 Å². The van der Waals surface area contributed by atoms with Gasteiger partial charge in [0, 0.05) is 6.07 Å². The lowest BCUT2D eigenvalue weighted by molar-refractivity contribution is -0.385. The van der Waals surface area contributed by atoms with Crippen LogP contribution in [0.5, 0.6) is 5.75 Å². The molecule has 0 saturated carbocycles. The molecule has 1 N–H and O–H groups in total. The third kappa shape index (κ3) is 2.44. The molecule has 0 heterocycles. The van der Waals surface area contributed by atoms with E-state index in [4.69, 9.17) is 4.74 Å². The van der Waals surface area contributed by atoms with Gasteiger partial charge in [-0.2, -0.15) is 0 Å². The molecular weight excluding hydrogens is 318 g/mol. The highest BCUT2D eigenvalue weighted by molar-refractivity contribution is 5.93. The van der Waals surface area contributed by atoms with Gasteiger partial charge in [-0.3, -0.25) is 10.1 Å². The number of benzene rings is 3. The lowest BCUT2D eigenvalue weighted by atomic mass is 9.93. The van der Waals surface area contributed by atoms with Crippen LogP contribution in [0, 0.1) is 10.1 Å². The predicted molar refractivity (Wildman–Crippen MR) is 95.1 cm³/mol. The van der Waals surface area contributed by atoms with Gasteiger partial charge in [0.25, 0.3) is 0 Å². The first-order valence-electron chi connectivity index (χ1n) is 8.14. The number of nitro benzene ring substituents is 1. The van der Waals surface area contributed by atoms with Crippen LogP contribution in [0.4, 0.5) is 5.69 Å². The van der Waals surface area contributed by atoms with E-state index in [0.717, 1.165) is 23.8 Å². The highest BCUT2D eigenvalue weighted by Crippen LogP contribution is 2.38. The van der Waals surface area contributed by atoms with Crippen LogP contribution < -0.4 is 4.74 Å². The normalized spacial score (nSPS) is 13.8. The Hall–Kier alpha value is -2.92. The van der Waals surface area contributed by atoms with Crippen molar-refractivity contribution >= 4 is 16.5 Å². The second kappa shape index (κ2) is 5.86. The standard InChI is InChI=1S/C20H17NO4/c1-25-18-10-8-14(11-17(18)21(23)24)20(22)16-9-7-13-6-5-12-3-2-4-15(16)19(12)13/h2-4,7-11,20,22H,5-6H2,1H3/t20-/m0/s1. The number of hydrogen-bond donors (Lipinski definition) is 1. The first-order chi connectivity index (χ1) is 12.1. The minimum absolute atomic E-state index is 0.148. The van der Waals surface area contributed by atoms with Crippen molar-refractivity contribution in [1.29, 1.82) is 0 Å². The number of ether oxygens (including phenoxy) is 1. The zero-order valence-corrected chi connectivity index (χ0v) is 13.7. The first-order valence-corrected chi connectivity index (χ1v) is 8.14. The summed E-state index contributed by atoms with van der Waals surface area (Å²) < 4.78 is 5.03. The van der Waals surface area contributed by atoms with Crippen LogP contribution in [0.15, 0.2) is 48.5 Å². The molecule has 126 valence electrons. The molecule has 25 heavy (non-hydrogen) atoms. The lowest BCUT2D eigenvalue weighted by Gasteiger charge is -2.16. The maximum absolute atomic E-state index is 11.2. The Kier molecular flexibility index (Phi) is 3.66. The molecule has 0 aliphatic heterocycles. The van der Waals surface area contributed by atoms with E-state index in [1.165, 1.54) is 35.8 Å². The quantitative estimate of drug-likeness (QED) is 0.579. The number of methoxy groups -OCH3 is 1. The maximum Gasteiger partial charge on any atom is 0.311 e. The molecule has 3 aromatic carbocycles. The maximum atomic E-state index is 11.2. The molecule has 0 amide bonds. The minimum Gasteiger partial charge on any atom is -0.490 e. The summed E-state index contributed by atoms with van der Waals surface area (Å²) in [4.78, 5) is 10.7. The third-order valence-corrected chi connectivity index (χ3v) is 4.92. The topological polar surface area (TPSA) is 72.6 Å². The number of hydrogen-bond acceptors (Lipinski definition) is 4. The Bertz CT molecular complexity index is 986. The van der Waals surface area contributed by atoms with E-state index < -0.39 is 11.0 Å². The molecule has 0 fully saturated rings. The largest absolute Gasteiger partial charge is 0.490 e. The van der Waals surface area contributed by atoms with Crippen molar-refractivity contribution in [2.75, 3.05) is 7.11 Å². The van der Waals surface area contributed by atoms with E-state index in [1.54, 1.807) is 6.07 Å². The molecule has 5 nitrogen and oxygen atoms in total. The van der Waals surface area contributed by atoms with Gasteiger partial charge >= 0.3 is 5.69 Å². The molecule has 1 aliphatic carbocycles. The summed E-state index contributed by atoms with van der Waals surface area (Å²) >= 11 is 0.